The smallest absolute Gasteiger partial charge is 0.285 e. The molecule has 4 nitrogen and oxygen atoms in total. The Morgan fingerprint density at radius 1 is 1.12 bits per heavy atom. The van der Waals surface area contributed by atoms with Gasteiger partial charge in [0.1, 0.15) is 0 Å². The van der Waals surface area contributed by atoms with Crippen LogP contribution in [0.25, 0.3) is 10.2 Å². The van der Waals surface area contributed by atoms with E-state index in [1.807, 2.05) is 26.8 Å². The highest BCUT2D eigenvalue weighted by atomic mass is 32.2. The Bertz CT molecular complexity index is 1160. The molecule has 0 aliphatic heterocycles. The van der Waals surface area contributed by atoms with Gasteiger partial charge in [-0.1, -0.05) is 41.0 Å². The summed E-state index contributed by atoms with van der Waals surface area (Å²) in [6.45, 7) is 6.19. The Morgan fingerprint density at radius 2 is 1.80 bits per heavy atom. The molecule has 0 radical (unpaired) electrons. The Labute approximate surface area is 151 Å². The first-order chi connectivity index (χ1) is 11.8. The van der Waals surface area contributed by atoms with Crippen molar-refractivity contribution in [2.45, 2.75) is 32.2 Å². The number of aromatic nitrogens is 1. The maximum absolute atomic E-state index is 12.7. The fourth-order valence-corrected chi connectivity index (χ4v) is 4.97. The standard InChI is InChI=1S/C19H18N2O2S2/c1-5-10-21-17-12-14(3)11-15(4)18(17)24-19(21)20-25(22,23)16-8-6-13(2)7-9-16/h1,6-9,11-12H,10H2,2-4H3/b20-19-. The van der Waals surface area contributed by atoms with Crippen LogP contribution < -0.4 is 4.80 Å². The van der Waals surface area contributed by atoms with E-state index < -0.39 is 10.0 Å². The third-order valence-electron chi connectivity index (χ3n) is 3.88. The number of hydrogen-bond acceptors (Lipinski definition) is 3. The number of terminal acetylenes is 1. The molecule has 0 aliphatic rings. The minimum absolute atomic E-state index is 0.177. The predicted molar refractivity (Wildman–Crippen MR) is 102 cm³/mol. The second kappa shape index (κ2) is 6.51. The summed E-state index contributed by atoms with van der Waals surface area (Å²) < 4.78 is 32.2. The third-order valence-corrected chi connectivity index (χ3v) is 6.51. The van der Waals surface area contributed by atoms with Gasteiger partial charge in [-0.05, 0) is 50.1 Å². The van der Waals surface area contributed by atoms with Gasteiger partial charge in [-0.15, -0.1) is 10.8 Å². The van der Waals surface area contributed by atoms with E-state index in [-0.39, 0.29) is 11.4 Å². The van der Waals surface area contributed by atoms with Gasteiger partial charge >= 0.3 is 0 Å². The van der Waals surface area contributed by atoms with Crippen LogP contribution in [-0.4, -0.2) is 13.0 Å². The number of nitrogens with zero attached hydrogens (tertiary/aromatic N) is 2. The average molecular weight is 370 g/mol. The van der Waals surface area contributed by atoms with Crippen molar-refractivity contribution in [3.05, 3.63) is 57.9 Å². The molecule has 1 aromatic heterocycles. The van der Waals surface area contributed by atoms with Gasteiger partial charge in [0.25, 0.3) is 10.0 Å². The summed E-state index contributed by atoms with van der Waals surface area (Å²) in [4.78, 5) is 0.568. The van der Waals surface area contributed by atoms with Gasteiger partial charge in [-0.25, -0.2) is 0 Å². The lowest BCUT2D eigenvalue weighted by Crippen LogP contribution is -2.16. The number of rotatable bonds is 3. The van der Waals surface area contributed by atoms with Crippen molar-refractivity contribution in [1.82, 2.24) is 4.57 Å². The van der Waals surface area contributed by atoms with Crippen LogP contribution in [0.5, 0.6) is 0 Å². The predicted octanol–water partition coefficient (Wildman–Crippen LogP) is 3.55. The number of aryl methyl sites for hydroxylation is 3. The fourth-order valence-electron chi connectivity index (χ4n) is 2.69. The lowest BCUT2D eigenvalue weighted by Gasteiger charge is -2.03. The molecule has 0 fully saturated rings. The number of hydrogen-bond donors (Lipinski definition) is 0. The SMILES string of the molecule is C#CCn1/c(=N/S(=O)(=O)c2ccc(C)cc2)sc2c(C)cc(C)cc21. The molecule has 0 atom stereocenters. The van der Waals surface area contributed by atoms with E-state index in [1.54, 1.807) is 28.8 Å². The van der Waals surface area contributed by atoms with Crippen molar-refractivity contribution in [3.8, 4) is 12.3 Å². The monoisotopic (exact) mass is 370 g/mol. The largest absolute Gasteiger partial charge is 0.304 e. The molecule has 0 unspecified atom stereocenters. The molecule has 0 spiro atoms. The van der Waals surface area contributed by atoms with Crippen LogP contribution in [0.4, 0.5) is 0 Å². The first-order valence-corrected chi connectivity index (χ1v) is 9.99. The Balaban J connectivity index is 2.29. The summed E-state index contributed by atoms with van der Waals surface area (Å²) in [6, 6.07) is 10.7. The van der Waals surface area contributed by atoms with E-state index >= 15 is 0 Å². The number of benzene rings is 2. The summed E-state index contributed by atoms with van der Waals surface area (Å²) in [7, 11) is -3.80. The molecule has 25 heavy (non-hydrogen) atoms. The zero-order valence-corrected chi connectivity index (χ0v) is 15.9. The molecule has 2 aromatic carbocycles. The Morgan fingerprint density at radius 3 is 2.44 bits per heavy atom. The number of fused-ring (bicyclic) bond motifs is 1. The Kier molecular flexibility index (Phi) is 4.55. The number of sulfonamides is 1. The number of thiazole rings is 1. The van der Waals surface area contributed by atoms with Crippen LogP contribution >= 0.6 is 11.3 Å². The van der Waals surface area contributed by atoms with Crippen molar-refractivity contribution in [3.63, 3.8) is 0 Å². The fraction of sp³-hybridized carbons (Fsp3) is 0.211. The molecule has 0 saturated heterocycles. The quantitative estimate of drug-likeness (QED) is 0.662. The molecule has 0 bridgehead atoms. The highest BCUT2D eigenvalue weighted by Crippen LogP contribution is 2.24. The van der Waals surface area contributed by atoms with Gasteiger partial charge in [-0.3, -0.25) is 0 Å². The molecule has 0 saturated carbocycles. The van der Waals surface area contributed by atoms with Gasteiger partial charge in [0, 0.05) is 0 Å². The van der Waals surface area contributed by atoms with Gasteiger partial charge in [0.2, 0.25) is 4.80 Å². The van der Waals surface area contributed by atoms with Crippen molar-refractivity contribution in [2.24, 2.45) is 4.40 Å². The van der Waals surface area contributed by atoms with Crippen LogP contribution in [0.3, 0.4) is 0 Å². The maximum Gasteiger partial charge on any atom is 0.285 e. The van der Waals surface area contributed by atoms with Crippen LogP contribution in [-0.2, 0) is 16.6 Å². The molecule has 0 aliphatic carbocycles. The van der Waals surface area contributed by atoms with Gasteiger partial charge in [0.15, 0.2) is 0 Å². The van der Waals surface area contributed by atoms with Gasteiger partial charge in [0.05, 0.1) is 21.7 Å². The van der Waals surface area contributed by atoms with Crippen LogP contribution in [0.15, 0.2) is 45.7 Å². The minimum atomic E-state index is -3.80. The van der Waals surface area contributed by atoms with E-state index in [0.29, 0.717) is 4.80 Å². The van der Waals surface area contributed by atoms with Crippen molar-refractivity contribution < 1.29 is 8.42 Å². The zero-order valence-electron chi connectivity index (χ0n) is 14.3. The van der Waals surface area contributed by atoms with Crippen LogP contribution in [0.2, 0.25) is 0 Å². The zero-order chi connectivity index (χ0) is 18.2. The lowest BCUT2D eigenvalue weighted by molar-refractivity contribution is 0.596. The van der Waals surface area contributed by atoms with E-state index in [4.69, 9.17) is 6.42 Å². The second-order valence-electron chi connectivity index (χ2n) is 5.98. The first-order valence-electron chi connectivity index (χ1n) is 7.73. The Hall–Kier alpha value is -2.36. The molecule has 6 heteroatoms. The molecule has 3 aromatic rings. The third kappa shape index (κ3) is 3.39. The molecule has 0 N–H and O–H groups in total. The molecule has 1 heterocycles. The highest BCUT2D eigenvalue weighted by Gasteiger charge is 2.15. The van der Waals surface area contributed by atoms with E-state index in [9.17, 15) is 8.42 Å². The highest BCUT2D eigenvalue weighted by molar-refractivity contribution is 7.90. The van der Waals surface area contributed by atoms with Crippen LogP contribution in [0, 0.1) is 33.1 Å². The minimum Gasteiger partial charge on any atom is -0.304 e. The average Bonchev–Trinajstić information content (AvgIpc) is 2.86. The van der Waals surface area contributed by atoms with E-state index in [2.05, 4.69) is 16.4 Å². The van der Waals surface area contributed by atoms with Gasteiger partial charge < -0.3 is 4.57 Å². The van der Waals surface area contributed by atoms with Crippen molar-refractivity contribution in [2.75, 3.05) is 0 Å². The molecule has 3 rings (SSSR count). The van der Waals surface area contributed by atoms with E-state index in [1.165, 1.54) is 11.3 Å². The first kappa shape index (κ1) is 17.5. The summed E-state index contributed by atoms with van der Waals surface area (Å²) in [5.74, 6) is 2.59. The summed E-state index contributed by atoms with van der Waals surface area (Å²) in [6.07, 6.45) is 5.49. The molecular weight excluding hydrogens is 352 g/mol. The summed E-state index contributed by atoms with van der Waals surface area (Å²) in [5, 5.41) is 0. The normalized spacial score (nSPS) is 12.5. The second-order valence-corrected chi connectivity index (χ2v) is 8.57. The maximum atomic E-state index is 12.7. The molecule has 0 amide bonds. The summed E-state index contributed by atoms with van der Waals surface area (Å²) >= 11 is 1.35. The van der Waals surface area contributed by atoms with Crippen molar-refractivity contribution >= 4 is 31.6 Å². The van der Waals surface area contributed by atoms with E-state index in [0.717, 1.165) is 26.9 Å². The molecule has 128 valence electrons. The van der Waals surface area contributed by atoms with Gasteiger partial charge in [-0.2, -0.15) is 8.42 Å². The lowest BCUT2D eigenvalue weighted by atomic mass is 10.1. The topological polar surface area (TPSA) is 51.4 Å². The summed E-state index contributed by atoms with van der Waals surface area (Å²) in [5.41, 5.74) is 4.09. The van der Waals surface area contributed by atoms with Crippen molar-refractivity contribution in [1.29, 1.82) is 0 Å². The molecular formula is C19H18N2O2S2. The van der Waals surface area contributed by atoms with Crippen LogP contribution in [0.1, 0.15) is 16.7 Å².